The number of carbonyl (C=O) groups is 3. The van der Waals surface area contributed by atoms with E-state index >= 15 is 0 Å². The average Bonchev–Trinajstić information content (AvgIpc) is 3.02. The Morgan fingerprint density at radius 2 is 1.79 bits per heavy atom. The number of thiophene rings is 1. The van der Waals surface area contributed by atoms with Crippen LogP contribution >= 0.6 is 11.3 Å². The van der Waals surface area contributed by atoms with Crippen LogP contribution in [-0.2, 0) is 20.8 Å². The summed E-state index contributed by atoms with van der Waals surface area (Å²) in [4.78, 5) is 38.4. The van der Waals surface area contributed by atoms with Crippen molar-refractivity contribution in [3.63, 3.8) is 0 Å². The molecular formula is C20H23FN2O5S. The SMILES string of the molecule is COC(=O)c1sc(NC(=O)CCN(C)Cc2ccccc2F)c(C(=O)OC)c1C. The first-order valence-electron chi connectivity index (χ1n) is 8.80. The Kier molecular flexibility index (Phi) is 7.86. The first kappa shape index (κ1) is 22.5. The minimum atomic E-state index is -0.652. The average molecular weight is 422 g/mol. The number of methoxy groups -OCH3 is 2. The number of benzene rings is 1. The molecule has 156 valence electrons. The smallest absolute Gasteiger partial charge is 0.348 e. The van der Waals surface area contributed by atoms with Crippen LogP contribution in [0.2, 0.25) is 0 Å². The summed E-state index contributed by atoms with van der Waals surface area (Å²) in [5.74, 6) is -1.88. The third kappa shape index (κ3) is 5.61. The molecule has 0 fully saturated rings. The third-order valence-corrected chi connectivity index (χ3v) is 5.47. The second-order valence-electron chi connectivity index (χ2n) is 6.37. The van der Waals surface area contributed by atoms with Gasteiger partial charge in [-0.3, -0.25) is 4.79 Å². The molecule has 0 aliphatic heterocycles. The predicted octanol–water partition coefficient (Wildman–Crippen LogP) is 3.23. The molecule has 1 heterocycles. The van der Waals surface area contributed by atoms with Crippen LogP contribution in [0.15, 0.2) is 24.3 Å². The highest BCUT2D eigenvalue weighted by atomic mass is 32.1. The fraction of sp³-hybridized carbons (Fsp3) is 0.350. The van der Waals surface area contributed by atoms with E-state index in [0.717, 1.165) is 11.3 Å². The van der Waals surface area contributed by atoms with E-state index in [1.807, 2.05) is 4.90 Å². The summed E-state index contributed by atoms with van der Waals surface area (Å²) in [5, 5.41) is 2.90. The standard InChI is InChI=1S/C20H23FN2O5S/c1-12-16(19(25)27-3)18(29-17(12)20(26)28-4)22-15(24)9-10-23(2)11-13-7-5-6-8-14(13)21/h5-8H,9-11H2,1-4H3,(H,22,24). The van der Waals surface area contributed by atoms with Gasteiger partial charge < -0.3 is 19.7 Å². The van der Waals surface area contributed by atoms with Crippen molar-refractivity contribution in [2.24, 2.45) is 0 Å². The highest BCUT2D eigenvalue weighted by molar-refractivity contribution is 7.18. The summed E-state index contributed by atoms with van der Waals surface area (Å²) in [6.45, 7) is 2.33. The van der Waals surface area contributed by atoms with Crippen molar-refractivity contribution in [1.82, 2.24) is 4.90 Å². The van der Waals surface area contributed by atoms with Gasteiger partial charge in [0.15, 0.2) is 0 Å². The van der Waals surface area contributed by atoms with Crippen LogP contribution in [-0.4, -0.2) is 50.6 Å². The summed E-state index contributed by atoms with van der Waals surface area (Å²) in [6.07, 6.45) is 0.121. The molecule has 0 radical (unpaired) electrons. The molecule has 2 rings (SSSR count). The van der Waals surface area contributed by atoms with Crippen LogP contribution in [0, 0.1) is 12.7 Å². The van der Waals surface area contributed by atoms with E-state index in [1.54, 1.807) is 32.2 Å². The fourth-order valence-corrected chi connectivity index (χ4v) is 3.84. The van der Waals surface area contributed by atoms with Gasteiger partial charge in [-0.05, 0) is 25.6 Å². The molecule has 1 N–H and O–H groups in total. The lowest BCUT2D eigenvalue weighted by Crippen LogP contribution is -2.24. The second-order valence-corrected chi connectivity index (χ2v) is 7.39. The zero-order chi connectivity index (χ0) is 21.6. The molecule has 0 spiro atoms. The van der Waals surface area contributed by atoms with Crippen molar-refractivity contribution in [1.29, 1.82) is 0 Å². The number of hydrogen-bond acceptors (Lipinski definition) is 7. The minimum absolute atomic E-state index is 0.121. The molecule has 1 amide bonds. The van der Waals surface area contributed by atoms with E-state index in [2.05, 4.69) is 5.32 Å². The lowest BCUT2D eigenvalue weighted by Gasteiger charge is -2.16. The summed E-state index contributed by atoms with van der Waals surface area (Å²) in [6, 6.07) is 6.46. The number of amides is 1. The number of esters is 2. The number of halogens is 1. The molecule has 2 aromatic rings. The molecule has 1 aromatic heterocycles. The lowest BCUT2D eigenvalue weighted by molar-refractivity contribution is -0.116. The van der Waals surface area contributed by atoms with Crippen molar-refractivity contribution in [3.05, 3.63) is 51.7 Å². The van der Waals surface area contributed by atoms with Crippen molar-refractivity contribution in [3.8, 4) is 0 Å². The van der Waals surface area contributed by atoms with Crippen LogP contribution in [0.3, 0.4) is 0 Å². The van der Waals surface area contributed by atoms with Gasteiger partial charge in [-0.2, -0.15) is 0 Å². The van der Waals surface area contributed by atoms with Crippen molar-refractivity contribution in [2.45, 2.75) is 19.9 Å². The Hall–Kier alpha value is -2.78. The number of carbonyl (C=O) groups excluding carboxylic acids is 3. The highest BCUT2D eigenvalue weighted by Gasteiger charge is 2.26. The van der Waals surface area contributed by atoms with Gasteiger partial charge in [-0.1, -0.05) is 18.2 Å². The van der Waals surface area contributed by atoms with E-state index < -0.39 is 11.9 Å². The maximum Gasteiger partial charge on any atom is 0.348 e. The number of nitrogens with one attached hydrogen (secondary N) is 1. The van der Waals surface area contributed by atoms with Crippen molar-refractivity contribution in [2.75, 3.05) is 33.1 Å². The molecule has 0 aliphatic rings. The molecule has 0 saturated heterocycles. The van der Waals surface area contributed by atoms with Gasteiger partial charge in [0.05, 0.1) is 19.8 Å². The predicted molar refractivity (Wildman–Crippen MR) is 108 cm³/mol. The highest BCUT2D eigenvalue weighted by Crippen LogP contribution is 2.34. The first-order chi connectivity index (χ1) is 13.8. The Labute approximate surface area is 172 Å². The number of anilines is 1. The summed E-state index contributed by atoms with van der Waals surface area (Å²) in [7, 11) is 4.24. The van der Waals surface area contributed by atoms with Crippen LogP contribution in [0.4, 0.5) is 9.39 Å². The van der Waals surface area contributed by atoms with E-state index in [-0.39, 0.29) is 33.6 Å². The number of rotatable bonds is 8. The van der Waals surface area contributed by atoms with E-state index in [4.69, 9.17) is 9.47 Å². The Morgan fingerprint density at radius 3 is 2.41 bits per heavy atom. The summed E-state index contributed by atoms with van der Waals surface area (Å²) < 4.78 is 23.2. The molecule has 0 saturated carbocycles. The summed E-state index contributed by atoms with van der Waals surface area (Å²) in [5.41, 5.74) is 1.06. The van der Waals surface area contributed by atoms with Gasteiger partial charge in [-0.25, -0.2) is 14.0 Å². The van der Waals surface area contributed by atoms with Crippen molar-refractivity contribution >= 4 is 34.2 Å². The van der Waals surface area contributed by atoms with Gasteiger partial charge in [0, 0.05) is 25.1 Å². The molecule has 9 heteroatoms. The maximum absolute atomic E-state index is 13.7. The molecule has 0 bridgehead atoms. The first-order valence-corrected chi connectivity index (χ1v) is 9.61. The Bertz CT molecular complexity index is 912. The van der Waals surface area contributed by atoms with Gasteiger partial charge in [0.2, 0.25) is 5.91 Å². The monoisotopic (exact) mass is 422 g/mol. The van der Waals surface area contributed by atoms with Gasteiger partial charge in [-0.15, -0.1) is 11.3 Å². The lowest BCUT2D eigenvalue weighted by atomic mass is 10.1. The molecule has 1 aromatic carbocycles. The quantitative estimate of drug-likeness (QED) is 0.658. The molecule has 0 aliphatic carbocycles. The molecule has 7 nitrogen and oxygen atoms in total. The largest absolute Gasteiger partial charge is 0.465 e. The number of hydrogen-bond donors (Lipinski definition) is 1. The maximum atomic E-state index is 13.7. The van der Waals surface area contributed by atoms with E-state index in [1.165, 1.54) is 20.3 Å². The minimum Gasteiger partial charge on any atom is -0.465 e. The van der Waals surface area contributed by atoms with Gasteiger partial charge >= 0.3 is 11.9 Å². The zero-order valence-corrected chi connectivity index (χ0v) is 17.5. The Morgan fingerprint density at radius 1 is 1.14 bits per heavy atom. The van der Waals surface area contributed by atoms with Gasteiger partial charge in [0.1, 0.15) is 15.7 Å². The van der Waals surface area contributed by atoms with E-state index in [0.29, 0.717) is 24.2 Å². The molecule has 0 unspecified atom stereocenters. The third-order valence-electron chi connectivity index (χ3n) is 4.28. The van der Waals surface area contributed by atoms with Crippen LogP contribution in [0.1, 0.15) is 37.6 Å². The van der Waals surface area contributed by atoms with Crippen LogP contribution in [0.5, 0.6) is 0 Å². The molecule has 29 heavy (non-hydrogen) atoms. The number of ether oxygens (including phenoxy) is 2. The topological polar surface area (TPSA) is 84.9 Å². The normalized spacial score (nSPS) is 10.7. The van der Waals surface area contributed by atoms with Gasteiger partial charge in [0.25, 0.3) is 0 Å². The van der Waals surface area contributed by atoms with Crippen LogP contribution in [0.25, 0.3) is 0 Å². The molecular weight excluding hydrogens is 399 g/mol. The fourth-order valence-electron chi connectivity index (χ4n) is 2.71. The van der Waals surface area contributed by atoms with E-state index in [9.17, 15) is 18.8 Å². The number of nitrogens with zero attached hydrogens (tertiary/aromatic N) is 1. The molecule has 0 atom stereocenters. The Balaban J connectivity index is 2.05. The second kappa shape index (κ2) is 10.1. The zero-order valence-electron chi connectivity index (χ0n) is 16.7. The van der Waals surface area contributed by atoms with Crippen molar-refractivity contribution < 1.29 is 28.2 Å². The summed E-state index contributed by atoms with van der Waals surface area (Å²) >= 11 is 0.959. The van der Waals surface area contributed by atoms with Crippen LogP contribution < -0.4 is 5.32 Å².